The number of carbonyl (C=O) groups excluding carboxylic acids is 3. The molecule has 3 aromatic heterocycles. The minimum absolute atomic E-state index is 0. The Kier molecular flexibility index (Phi) is 21.1. The zero-order chi connectivity index (χ0) is 39.2. The number of rotatable bonds is 13. The molecule has 6 rings (SSSR count). The number of halogens is 4. The molecule has 0 aliphatic heterocycles. The Bertz CT molecular complexity index is 2060. The van der Waals surface area contributed by atoms with Crippen LogP contribution >= 0.6 is 114 Å². The van der Waals surface area contributed by atoms with E-state index in [0.29, 0.717) is 18.0 Å². The van der Waals surface area contributed by atoms with Gasteiger partial charge in [0.1, 0.15) is 4.88 Å². The Labute approximate surface area is 383 Å². The molecule has 0 saturated carbocycles. The monoisotopic (exact) mass is 1160 g/mol. The fourth-order valence-corrected chi connectivity index (χ4v) is 10.9. The standard InChI is InChI=1S/2C15H19IN2OS.C10H7IO2S.ClH/c2*1-3-18(4-2)9-8-17-15(19)14-10-11-12(16)6-5-7-13(11)20-14;1-13-10(12)9-5-6-7(11)3-2-4-8(6)14-9;/h2*5-7,10H,3-4,8-9H2,1-2H3,(H,17,19);2-5H,1H3;1H. The van der Waals surface area contributed by atoms with Gasteiger partial charge >= 0.3 is 5.97 Å². The maximum absolute atomic E-state index is 12.2. The van der Waals surface area contributed by atoms with E-state index in [2.05, 4.69) is 145 Å². The van der Waals surface area contributed by atoms with E-state index in [-0.39, 0.29) is 30.2 Å². The zero-order valence-electron chi connectivity index (χ0n) is 31.4. The molecule has 2 N–H and O–H groups in total. The maximum Gasteiger partial charge on any atom is 0.348 e. The Balaban J connectivity index is 0.000000223. The average molecular weight is 1160 g/mol. The first-order chi connectivity index (χ1) is 26.0. The summed E-state index contributed by atoms with van der Waals surface area (Å²) in [4.78, 5) is 42.5. The van der Waals surface area contributed by atoms with Crippen molar-refractivity contribution < 1.29 is 19.1 Å². The van der Waals surface area contributed by atoms with Gasteiger partial charge in [0.2, 0.25) is 0 Å². The number of methoxy groups -OCH3 is 1. The van der Waals surface area contributed by atoms with E-state index in [1.807, 2.05) is 48.5 Å². The van der Waals surface area contributed by atoms with Crippen molar-refractivity contribution in [3.63, 3.8) is 0 Å². The number of likely N-dealkylation sites (N-methyl/N-ethyl adjacent to an activating group) is 2. The molecule has 0 fully saturated rings. The van der Waals surface area contributed by atoms with E-state index < -0.39 is 0 Å². The van der Waals surface area contributed by atoms with E-state index in [9.17, 15) is 14.4 Å². The highest BCUT2D eigenvalue weighted by Crippen LogP contribution is 2.31. The van der Waals surface area contributed by atoms with E-state index in [1.54, 1.807) is 22.7 Å². The smallest absolute Gasteiger partial charge is 0.348 e. The third kappa shape index (κ3) is 13.7. The second kappa shape index (κ2) is 24.3. The Morgan fingerprint density at radius 1 is 0.582 bits per heavy atom. The number of hydrogen-bond donors (Lipinski definition) is 2. The van der Waals surface area contributed by atoms with Crippen LogP contribution < -0.4 is 10.6 Å². The van der Waals surface area contributed by atoms with Crippen molar-refractivity contribution in [2.24, 2.45) is 0 Å². The summed E-state index contributed by atoms with van der Waals surface area (Å²) >= 11 is 11.5. The first-order valence-electron chi connectivity index (χ1n) is 17.7. The highest BCUT2D eigenvalue weighted by Gasteiger charge is 2.14. The highest BCUT2D eigenvalue weighted by molar-refractivity contribution is 14.1. The van der Waals surface area contributed by atoms with Gasteiger partial charge in [-0.15, -0.1) is 46.4 Å². The predicted octanol–water partition coefficient (Wildman–Crippen LogP) is 10.9. The largest absolute Gasteiger partial charge is 0.465 e. The van der Waals surface area contributed by atoms with Crippen LogP contribution in [0.4, 0.5) is 0 Å². The second-order valence-electron chi connectivity index (χ2n) is 11.8. The summed E-state index contributed by atoms with van der Waals surface area (Å²) in [6, 6.07) is 24.2. The summed E-state index contributed by atoms with van der Waals surface area (Å²) in [5, 5.41) is 9.48. The van der Waals surface area contributed by atoms with E-state index in [0.717, 1.165) is 62.7 Å². The van der Waals surface area contributed by atoms with Gasteiger partial charge in [0.15, 0.2) is 0 Å². The van der Waals surface area contributed by atoms with Crippen LogP contribution in [0.3, 0.4) is 0 Å². The van der Waals surface area contributed by atoms with Crippen LogP contribution in [0.1, 0.15) is 56.7 Å². The first-order valence-corrected chi connectivity index (χ1v) is 23.3. The van der Waals surface area contributed by atoms with E-state index in [1.165, 1.54) is 45.8 Å². The molecule has 0 radical (unpaired) electrons. The molecule has 0 atom stereocenters. The van der Waals surface area contributed by atoms with Gasteiger partial charge in [-0.3, -0.25) is 9.59 Å². The van der Waals surface area contributed by atoms with Crippen molar-refractivity contribution in [2.75, 3.05) is 59.5 Å². The number of amides is 2. The van der Waals surface area contributed by atoms with Crippen molar-refractivity contribution in [1.82, 2.24) is 20.4 Å². The quantitative estimate of drug-likeness (QED) is 0.0885. The number of fused-ring (bicyclic) bond motifs is 3. The molecule has 3 heterocycles. The predicted molar refractivity (Wildman–Crippen MR) is 262 cm³/mol. The normalized spacial score (nSPS) is 10.8. The summed E-state index contributed by atoms with van der Waals surface area (Å²) in [7, 11) is 1.40. The fraction of sp³-hybridized carbons (Fsp3) is 0.325. The number of carbonyl (C=O) groups is 3. The minimum Gasteiger partial charge on any atom is -0.465 e. The number of nitrogens with zero attached hydrogens (tertiary/aromatic N) is 2. The summed E-state index contributed by atoms with van der Waals surface area (Å²) < 4.78 is 11.7. The second-order valence-corrected chi connectivity index (χ2v) is 18.6. The van der Waals surface area contributed by atoms with Gasteiger partial charge in [-0.05, 0) is 149 Å². The lowest BCUT2D eigenvalue weighted by atomic mass is 10.2. The number of thiophene rings is 3. The van der Waals surface area contributed by atoms with Crippen LogP contribution in [0.2, 0.25) is 0 Å². The topological polar surface area (TPSA) is 91.0 Å². The molecule has 0 saturated heterocycles. The SMILES string of the molecule is CCN(CC)CCNC(=O)c1cc2c(I)cccc2s1.CCN(CC)CCNC(=O)c1cc2c(I)cccc2s1.COC(=O)c1cc2c(I)cccc2s1.Cl. The number of benzene rings is 3. The molecule has 8 nitrogen and oxygen atoms in total. The van der Waals surface area contributed by atoms with Crippen LogP contribution in [-0.4, -0.2) is 87.1 Å². The van der Waals surface area contributed by atoms with Crippen LogP contribution in [0, 0.1) is 10.7 Å². The molecular weight excluding hydrogens is 1110 g/mol. The number of ether oxygens (including phenoxy) is 1. The average Bonchev–Trinajstić information content (AvgIpc) is 3.94. The van der Waals surface area contributed by atoms with Crippen LogP contribution in [0.25, 0.3) is 30.3 Å². The first kappa shape index (κ1) is 47.7. The Morgan fingerprint density at radius 2 is 0.909 bits per heavy atom. The van der Waals surface area contributed by atoms with Crippen molar-refractivity contribution >= 4 is 162 Å². The molecule has 296 valence electrons. The van der Waals surface area contributed by atoms with Crippen molar-refractivity contribution in [3.8, 4) is 0 Å². The Morgan fingerprint density at radius 3 is 1.22 bits per heavy atom. The molecule has 0 bridgehead atoms. The lowest BCUT2D eigenvalue weighted by Crippen LogP contribution is -2.34. The van der Waals surface area contributed by atoms with Gasteiger partial charge in [0.05, 0.1) is 16.9 Å². The summed E-state index contributed by atoms with van der Waals surface area (Å²) in [6.45, 7) is 15.8. The highest BCUT2D eigenvalue weighted by atomic mass is 127. The molecule has 2 amide bonds. The maximum atomic E-state index is 12.2. The van der Waals surface area contributed by atoms with Gasteiger partial charge < -0.3 is 25.2 Å². The molecule has 0 unspecified atom stereocenters. The van der Waals surface area contributed by atoms with Gasteiger partial charge in [-0.25, -0.2) is 4.79 Å². The molecule has 55 heavy (non-hydrogen) atoms. The van der Waals surface area contributed by atoms with Gasteiger partial charge in [-0.1, -0.05) is 45.9 Å². The third-order valence-electron chi connectivity index (χ3n) is 8.57. The molecule has 0 aliphatic carbocycles. The number of hydrogen-bond acceptors (Lipinski definition) is 9. The molecule has 3 aromatic carbocycles. The molecule has 0 aliphatic rings. The number of esters is 1. The van der Waals surface area contributed by atoms with E-state index >= 15 is 0 Å². The van der Waals surface area contributed by atoms with Crippen LogP contribution in [0.15, 0.2) is 72.8 Å². The summed E-state index contributed by atoms with van der Waals surface area (Å²) in [5.41, 5.74) is 0. The zero-order valence-corrected chi connectivity index (χ0v) is 41.1. The lowest BCUT2D eigenvalue weighted by Gasteiger charge is -2.17. The van der Waals surface area contributed by atoms with Gasteiger partial charge in [0, 0.05) is 67.1 Å². The summed E-state index contributed by atoms with van der Waals surface area (Å²) in [5.74, 6) is -0.190. The number of nitrogens with one attached hydrogen (secondary N) is 2. The van der Waals surface area contributed by atoms with E-state index in [4.69, 9.17) is 0 Å². The van der Waals surface area contributed by atoms with Crippen LogP contribution in [0.5, 0.6) is 0 Å². The minimum atomic E-state index is -0.262. The molecule has 15 heteroatoms. The molecule has 0 spiro atoms. The van der Waals surface area contributed by atoms with Crippen molar-refractivity contribution in [3.05, 3.63) is 98.1 Å². The lowest BCUT2D eigenvalue weighted by molar-refractivity contribution is 0.0606. The Hall–Kier alpha value is -1.65. The molecular formula is C40H46ClI3N4O4S3. The third-order valence-corrected chi connectivity index (χ3v) is 14.7. The van der Waals surface area contributed by atoms with Gasteiger partial charge in [-0.2, -0.15) is 0 Å². The fourth-order valence-electron chi connectivity index (χ4n) is 5.41. The van der Waals surface area contributed by atoms with Crippen molar-refractivity contribution in [2.45, 2.75) is 27.7 Å². The molecule has 6 aromatic rings. The summed E-state index contributed by atoms with van der Waals surface area (Å²) in [6.07, 6.45) is 0. The van der Waals surface area contributed by atoms with Crippen LogP contribution in [-0.2, 0) is 4.74 Å². The van der Waals surface area contributed by atoms with Crippen molar-refractivity contribution in [1.29, 1.82) is 0 Å². The van der Waals surface area contributed by atoms with Gasteiger partial charge in [0.25, 0.3) is 11.8 Å².